The fourth-order valence-electron chi connectivity index (χ4n) is 1.95. The quantitative estimate of drug-likeness (QED) is 0.605. The van der Waals surface area contributed by atoms with Gasteiger partial charge in [-0.1, -0.05) is 24.3 Å². The number of thiazole rings is 1. The van der Waals surface area contributed by atoms with E-state index in [0.717, 1.165) is 27.8 Å². The highest BCUT2D eigenvalue weighted by Crippen LogP contribution is 2.31. The summed E-state index contributed by atoms with van der Waals surface area (Å²) in [7, 11) is 1.67. The summed E-state index contributed by atoms with van der Waals surface area (Å²) in [6, 6.07) is 16.2. The maximum Gasteiger partial charge on any atom is 0.187 e. The van der Waals surface area contributed by atoms with Crippen LogP contribution >= 0.6 is 33.9 Å². The van der Waals surface area contributed by atoms with Crippen molar-refractivity contribution in [1.82, 2.24) is 4.98 Å². The molecule has 0 aliphatic heterocycles. The lowest BCUT2D eigenvalue weighted by molar-refractivity contribution is 0.417. The van der Waals surface area contributed by atoms with Crippen LogP contribution in [0.4, 0.5) is 10.8 Å². The smallest absolute Gasteiger partial charge is 0.187 e. The van der Waals surface area contributed by atoms with Crippen molar-refractivity contribution in [2.24, 2.45) is 0 Å². The molecule has 5 heteroatoms. The monoisotopic (exact) mass is 408 g/mol. The number of aromatic nitrogens is 1. The van der Waals surface area contributed by atoms with Gasteiger partial charge < -0.3 is 10.1 Å². The summed E-state index contributed by atoms with van der Waals surface area (Å²) in [4.78, 5) is 4.63. The topological polar surface area (TPSA) is 34.1 Å². The van der Waals surface area contributed by atoms with E-state index < -0.39 is 0 Å². The number of methoxy groups -OCH3 is 1. The van der Waals surface area contributed by atoms with Gasteiger partial charge in [0.25, 0.3) is 0 Å². The number of anilines is 2. The first-order valence-electron chi connectivity index (χ1n) is 6.38. The van der Waals surface area contributed by atoms with E-state index in [4.69, 9.17) is 4.74 Å². The van der Waals surface area contributed by atoms with E-state index in [1.54, 1.807) is 18.4 Å². The van der Waals surface area contributed by atoms with Gasteiger partial charge in [-0.25, -0.2) is 4.98 Å². The lowest BCUT2D eigenvalue weighted by Crippen LogP contribution is -1.93. The normalized spacial score (nSPS) is 10.4. The van der Waals surface area contributed by atoms with Gasteiger partial charge in [-0.15, -0.1) is 11.3 Å². The molecule has 106 valence electrons. The molecule has 0 spiro atoms. The molecule has 0 aliphatic carbocycles. The summed E-state index contributed by atoms with van der Waals surface area (Å²) in [6.07, 6.45) is 0. The van der Waals surface area contributed by atoms with E-state index in [9.17, 15) is 0 Å². The first kappa shape index (κ1) is 14.3. The molecule has 0 saturated heterocycles. The molecular weight excluding hydrogens is 395 g/mol. The number of rotatable bonds is 4. The average molecular weight is 408 g/mol. The highest BCUT2D eigenvalue weighted by molar-refractivity contribution is 14.1. The minimum absolute atomic E-state index is 0.809. The Kier molecular flexibility index (Phi) is 4.40. The molecule has 3 rings (SSSR count). The summed E-state index contributed by atoms with van der Waals surface area (Å²) in [5.41, 5.74) is 3.03. The highest BCUT2D eigenvalue weighted by Gasteiger charge is 2.07. The first-order chi connectivity index (χ1) is 10.3. The number of halogens is 1. The van der Waals surface area contributed by atoms with E-state index in [1.807, 2.05) is 24.3 Å². The molecule has 0 fully saturated rings. The van der Waals surface area contributed by atoms with Crippen molar-refractivity contribution in [3.63, 3.8) is 0 Å². The van der Waals surface area contributed by atoms with Gasteiger partial charge in [0.2, 0.25) is 0 Å². The van der Waals surface area contributed by atoms with E-state index in [2.05, 4.69) is 62.5 Å². The third-order valence-corrected chi connectivity index (χ3v) is 4.47. The number of ether oxygens (including phenoxy) is 1. The molecule has 0 unspecified atom stereocenters. The molecule has 1 aromatic heterocycles. The van der Waals surface area contributed by atoms with Crippen molar-refractivity contribution in [1.29, 1.82) is 0 Å². The van der Waals surface area contributed by atoms with Gasteiger partial charge in [0.05, 0.1) is 18.5 Å². The Labute approximate surface area is 141 Å². The molecule has 0 amide bonds. The van der Waals surface area contributed by atoms with Gasteiger partial charge >= 0.3 is 0 Å². The third-order valence-electron chi connectivity index (χ3n) is 2.99. The second-order valence-electron chi connectivity index (χ2n) is 4.37. The summed E-state index contributed by atoms with van der Waals surface area (Å²) < 4.78 is 6.56. The molecule has 0 saturated carbocycles. The Hall–Kier alpha value is -1.60. The molecule has 0 bridgehead atoms. The molecule has 2 aromatic carbocycles. The van der Waals surface area contributed by atoms with Crippen LogP contribution in [-0.4, -0.2) is 12.1 Å². The largest absolute Gasteiger partial charge is 0.495 e. The fraction of sp³-hybridized carbons (Fsp3) is 0.0625. The van der Waals surface area contributed by atoms with Crippen LogP contribution in [0.5, 0.6) is 5.75 Å². The van der Waals surface area contributed by atoms with Gasteiger partial charge in [-0.2, -0.15) is 0 Å². The van der Waals surface area contributed by atoms with Crippen LogP contribution in [-0.2, 0) is 0 Å². The van der Waals surface area contributed by atoms with Crippen LogP contribution in [0.3, 0.4) is 0 Å². The molecular formula is C16H13IN2OS. The third kappa shape index (κ3) is 3.36. The van der Waals surface area contributed by atoms with Crippen molar-refractivity contribution in [2.45, 2.75) is 0 Å². The van der Waals surface area contributed by atoms with Crippen LogP contribution in [0.2, 0.25) is 0 Å². The zero-order valence-electron chi connectivity index (χ0n) is 11.3. The van der Waals surface area contributed by atoms with Crippen LogP contribution in [0.15, 0.2) is 53.9 Å². The van der Waals surface area contributed by atoms with E-state index in [-0.39, 0.29) is 0 Å². The van der Waals surface area contributed by atoms with Crippen LogP contribution in [0, 0.1) is 3.57 Å². The minimum Gasteiger partial charge on any atom is -0.495 e. The molecule has 21 heavy (non-hydrogen) atoms. The zero-order chi connectivity index (χ0) is 14.7. The number of benzene rings is 2. The van der Waals surface area contributed by atoms with Crippen LogP contribution in [0.1, 0.15) is 0 Å². The van der Waals surface area contributed by atoms with E-state index >= 15 is 0 Å². The second kappa shape index (κ2) is 6.44. The van der Waals surface area contributed by atoms with E-state index in [0.29, 0.717) is 0 Å². The van der Waals surface area contributed by atoms with Gasteiger partial charge in [-0.05, 0) is 46.9 Å². The number of hydrogen-bond acceptors (Lipinski definition) is 4. The number of para-hydroxylation sites is 2. The maximum atomic E-state index is 5.34. The highest BCUT2D eigenvalue weighted by atomic mass is 127. The molecule has 3 aromatic rings. The standard InChI is InChI=1S/C16H13IN2OS/c1-20-15-5-3-2-4-13(15)18-16-19-14(10-21-16)11-6-8-12(17)9-7-11/h2-10H,1H3,(H,18,19). The summed E-state index contributed by atoms with van der Waals surface area (Å²) in [6.45, 7) is 0. The SMILES string of the molecule is COc1ccccc1Nc1nc(-c2ccc(I)cc2)cs1. The number of nitrogens with one attached hydrogen (secondary N) is 1. The Morgan fingerprint density at radius 3 is 2.62 bits per heavy atom. The Morgan fingerprint density at radius 2 is 1.86 bits per heavy atom. The first-order valence-corrected chi connectivity index (χ1v) is 8.33. The molecule has 1 heterocycles. The van der Waals surface area contributed by atoms with Gasteiger partial charge in [0.15, 0.2) is 5.13 Å². The zero-order valence-corrected chi connectivity index (χ0v) is 14.3. The molecule has 1 N–H and O–H groups in total. The predicted octanol–water partition coefficient (Wildman–Crippen LogP) is 5.17. The van der Waals surface area contributed by atoms with Crippen molar-refractivity contribution >= 4 is 44.7 Å². The summed E-state index contributed by atoms with van der Waals surface area (Å²) in [5.74, 6) is 0.809. The lowest BCUT2D eigenvalue weighted by Gasteiger charge is -2.08. The lowest BCUT2D eigenvalue weighted by atomic mass is 10.2. The van der Waals surface area contributed by atoms with Crippen molar-refractivity contribution < 1.29 is 4.74 Å². The van der Waals surface area contributed by atoms with E-state index in [1.165, 1.54) is 3.57 Å². The van der Waals surface area contributed by atoms with Gasteiger partial charge in [0.1, 0.15) is 5.75 Å². The predicted molar refractivity (Wildman–Crippen MR) is 96.5 cm³/mol. The Morgan fingerprint density at radius 1 is 1.10 bits per heavy atom. The van der Waals surface area contributed by atoms with Crippen LogP contribution in [0.25, 0.3) is 11.3 Å². The number of hydrogen-bond donors (Lipinski definition) is 1. The molecule has 3 nitrogen and oxygen atoms in total. The van der Waals surface area contributed by atoms with Gasteiger partial charge in [0, 0.05) is 14.5 Å². The van der Waals surface area contributed by atoms with Gasteiger partial charge in [-0.3, -0.25) is 0 Å². The second-order valence-corrected chi connectivity index (χ2v) is 6.47. The molecule has 0 atom stereocenters. The fourth-order valence-corrected chi connectivity index (χ4v) is 3.04. The van der Waals surface area contributed by atoms with Crippen molar-refractivity contribution in [3.8, 4) is 17.0 Å². The number of nitrogens with zero attached hydrogens (tertiary/aromatic N) is 1. The maximum absolute atomic E-state index is 5.34. The average Bonchev–Trinajstić information content (AvgIpc) is 2.97. The van der Waals surface area contributed by atoms with Crippen molar-refractivity contribution in [2.75, 3.05) is 12.4 Å². The molecule has 0 aliphatic rings. The molecule has 0 radical (unpaired) electrons. The van der Waals surface area contributed by atoms with Crippen molar-refractivity contribution in [3.05, 3.63) is 57.5 Å². The Balaban J connectivity index is 1.83. The minimum atomic E-state index is 0.809. The summed E-state index contributed by atoms with van der Waals surface area (Å²) >= 11 is 3.88. The summed E-state index contributed by atoms with van der Waals surface area (Å²) in [5, 5.41) is 6.22. The van der Waals surface area contributed by atoms with Crippen LogP contribution < -0.4 is 10.1 Å². The Bertz CT molecular complexity index is 740.